The molecule has 1 amide bonds. The maximum Gasteiger partial charge on any atom is 0.250 e. The van der Waals surface area contributed by atoms with E-state index in [0.29, 0.717) is 5.69 Å². The van der Waals surface area contributed by atoms with Crippen molar-refractivity contribution in [2.45, 2.75) is 26.4 Å². The first-order chi connectivity index (χ1) is 8.02. The third kappa shape index (κ3) is 4.75. The van der Waals surface area contributed by atoms with Crippen molar-refractivity contribution in [1.29, 1.82) is 0 Å². The van der Waals surface area contributed by atoms with Crippen molar-refractivity contribution in [2.24, 2.45) is 0 Å². The van der Waals surface area contributed by atoms with Gasteiger partial charge < -0.3 is 15.2 Å². The molecule has 1 rings (SSSR count). The first kappa shape index (κ1) is 14.0. The van der Waals surface area contributed by atoms with Crippen molar-refractivity contribution in [3.63, 3.8) is 0 Å². The number of halogens is 1. The van der Waals surface area contributed by atoms with Gasteiger partial charge in [0.15, 0.2) is 0 Å². The van der Waals surface area contributed by atoms with Crippen molar-refractivity contribution in [2.75, 3.05) is 11.9 Å². The molecule has 0 radical (unpaired) electrons. The lowest BCUT2D eigenvalue weighted by molar-refractivity contribution is -0.122. The molecule has 0 aliphatic carbocycles. The van der Waals surface area contributed by atoms with Crippen LogP contribution in [0.5, 0.6) is 5.75 Å². The quantitative estimate of drug-likeness (QED) is 0.822. The van der Waals surface area contributed by atoms with Crippen LogP contribution in [-0.2, 0) is 9.53 Å². The van der Waals surface area contributed by atoms with Crippen LogP contribution in [0.4, 0.5) is 5.69 Å². The van der Waals surface area contributed by atoms with Gasteiger partial charge in [0.1, 0.15) is 12.4 Å². The number of ether oxygens (including phenoxy) is 1. The molecular weight excluding hydrogens is 286 g/mol. The molecule has 2 N–H and O–H groups in total. The van der Waals surface area contributed by atoms with Crippen LogP contribution < -0.4 is 5.32 Å². The molecule has 4 nitrogen and oxygen atoms in total. The van der Waals surface area contributed by atoms with Crippen LogP contribution in [0.25, 0.3) is 0 Å². The number of anilines is 1. The summed E-state index contributed by atoms with van der Waals surface area (Å²) in [6, 6.07) is 4.89. The van der Waals surface area contributed by atoms with E-state index < -0.39 is 0 Å². The first-order valence-electron chi connectivity index (χ1n) is 5.43. The summed E-state index contributed by atoms with van der Waals surface area (Å²) in [6.07, 6.45) is 0.913. The van der Waals surface area contributed by atoms with Gasteiger partial charge in [0.2, 0.25) is 5.91 Å². The normalized spacial score (nSPS) is 12.2. The predicted octanol–water partition coefficient (Wildman–Crippen LogP) is 2.91. The van der Waals surface area contributed by atoms with E-state index in [9.17, 15) is 9.90 Å². The monoisotopic (exact) mass is 301 g/mol. The Morgan fingerprint density at radius 2 is 2.29 bits per heavy atom. The highest BCUT2D eigenvalue weighted by Crippen LogP contribution is 2.26. The smallest absolute Gasteiger partial charge is 0.250 e. The molecule has 0 spiro atoms. The van der Waals surface area contributed by atoms with Crippen LogP contribution in [0.3, 0.4) is 0 Å². The van der Waals surface area contributed by atoms with Gasteiger partial charge in [-0.25, -0.2) is 0 Å². The molecule has 0 bridgehead atoms. The third-order valence-electron chi connectivity index (χ3n) is 2.31. The molecular formula is C12H16BrNO3. The van der Waals surface area contributed by atoms with Crippen LogP contribution in [-0.4, -0.2) is 23.7 Å². The maximum atomic E-state index is 11.5. The summed E-state index contributed by atoms with van der Waals surface area (Å²) < 4.78 is 6.04. The average molecular weight is 302 g/mol. The minimum Gasteiger partial charge on any atom is -0.506 e. The summed E-state index contributed by atoms with van der Waals surface area (Å²) in [7, 11) is 0. The van der Waals surface area contributed by atoms with Gasteiger partial charge in [-0.2, -0.15) is 0 Å². The molecule has 0 saturated heterocycles. The topological polar surface area (TPSA) is 58.6 Å². The standard InChI is InChI=1S/C12H16BrNO3/c1-3-8(2)17-7-12(16)14-10-5-4-9(13)6-11(10)15/h4-6,8,15H,3,7H2,1-2H3,(H,14,16). The molecule has 94 valence electrons. The van der Waals surface area contributed by atoms with Gasteiger partial charge in [-0.15, -0.1) is 0 Å². The molecule has 1 atom stereocenters. The number of benzene rings is 1. The molecule has 1 unspecified atom stereocenters. The molecule has 17 heavy (non-hydrogen) atoms. The summed E-state index contributed by atoms with van der Waals surface area (Å²) >= 11 is 3.22. The zero-order valence-electron chi connectivity index (χ0n) is 9.87. The summed E-state index contributed by atoms with van der Waals surface area (Å²) in [4.78, 5) is 11.5. The first-order valence-corrected chi connectivity index (χ1v) is 6.22. The Kier molecular flexibility index (Phi) is 5.44. The van der Waals surface area contributed by atoms with Crippen LogP contribution in [0.1, 0.15) is 20.3 Å². The Morgan fingerprint density at radius 3 is 2.88 bits per heavy atom. The number of aromatic hydroxyl groups is 1. The Balaban J connectivity index is 2.50. The molecule has 0 fully saturated rings. The fourth-order valence-corrected chi connectivity index (χ4v) is 1.48. The highest BCUT2D eigenvalue weighted by atomic mass is 79.9. The largest absolute Gasteiger partial charge is 0.506 e. The Bertz CT molecular complexity index is 395. The molecule has 0 aromatic heterocycles. The van der Waals surface area contributed by atoms with E-state index in [1.54, 1.807) is 12.1 Å². The van der Waals surface area contributed by atoms with E-state index in [1.807, 2.05) is 13.8 Å². The number of hydrogen-bond donors (Lipinski definition) is 2. The number of phenols is 1. The highest BCUT2D eigenvalue weighted by molar-refractivity contribution is 9.10. The van der Waals surface area contributed by atoms with Crippen LogP contribution in [0, 0.1) is 0 Å². The molecule has 0 aliphatic heterocycles. The SMILES string of the molecule is CCC(C)OCC(=O)Nc1ccc(Br)cc1O. The van der Waals surface area contributed by atoms with Crippen molar-refractivity contribution >= 4 is 27.5 Å². The third-order valence-corrected chi connectivity index (χ3v) is 2.80. The second kappa shape index (κ2) is 6.61. The van der Waals surface area contributed by atoms with Gasteiger partial charge in [-0.3, -0.25) is 4.79 Å². The minimum absolute atomic E-state index is 0.00941. The van der Waals surface area contributed by atoms with E-state index in [1.165, 1.54) is 6.07 Å². The van der Waals surface area contributed by atoms with Gasteiger partial charge in [-0.1, -0.05) is 22.9 Å². The summed E-state index contributed by atoms with van der Waals surface area (Å²) in [5.41, 5.74) is 0.381. The summed E-state index contributed by atoms with van der Waals surface area (Å²) in [6.45, 7) is 3.89. The minimum atomic E-state index is -0.275. The van der Waals surface area contributed by atoms with Crippen molar-refractivity contribution in [1.82, 2.24) is 0 Å². The Labute approximate surface area is 109 Å². The summed E-state index contributed by atoms with van der Waals surface area (Å²) in [5.74, 6) is -0.251. The molecule has 0 saturated carbocycles. The Morgan fingerprint density at radius 1 is 1.59 bits per heavy atom. The fraction of sp³-hybridized carbons (Fsp3) is 0.417. The van der Waals surface area contributed by atoms with E-state index in [-0.39, 0.29) is 24.4 Å². The number of amides is 1. The van der Waals surface area contributed by atoms with Gasteiger partial charge in [-0.05, 0) is 31.5 Å². The van der Waals surface area contributed by atoms with Crippen molar-refractivity contribution in [3.05, 3.63) is 22.7 Å². The molecule has 1 aromatic rings. The predicted molar refractivity (Wildman–Crippen MR) is 70.1 cm³/mol. The van der Waals surface area contributed by atoms with Crippen molar-refractivity contribution < 1.29 is 14.6 Å². The highest BCUT2D eigenvalue weighted by Gasteiger charge is 2.08. The maximum absolute atomic E-state index is 11.5. The van der Waals surface area contributed by atoms with Gasteiger partial charge >= 0.3 is 0 Å². The van der Waals surface area contributed by atoms with Gasteiger partial charge in [0.05, 0.1) is 11.8 Å². The number of carbonyl (C=O) groups excluding carboxylic acids is 1. The van der Waals surface area contributed by atoms with Crippen LogP contribution >= 0.6 is 15.9 Å². The lowest BCUT2D eigenvalue weighted by atomic mass is 10.3. The van der Waals surface area contributed by atoms with E-state index in [4.69, 9.17) is 4.74 Å². The molecule has 0 heterocycles. The van der Waals surface area contributed by atoms with E-state index in [2.05, 4.69) is 21.2 Å². The number of carbonyl (C=O) groups is 1. The Hall–Kier alpha value is -1.07. The number of phenolic OH excluding ortho intramolecular Hbond substituents is 1. The zero-order valence-corrected chi connectivity index (χ0v) is 11.5. The van der Waals surface area contributed by atoms with Crippen molar-refractivity contribution in [3.8, 4) is 5.75 Å². The van der Waals surface area contributed by atoms with Crippen LogP contribution in [0.2, 0.25) is 0 Å². The second-order valence-electron chi connectivity index (χ2n) is 3.74. The van der Waals surface area contributed by atoms with Crippen LogP contribution in [0.15, 0.2) is 22.7 Å². The number of rotatable bonds is 5. The van der Waals surface area contributed by atoms with Gasteiger partial charge in [0, 0.05) is 4.47 Å². The van der Waals surface area contributed by atoms with E-state index in [0.717, 1.165) is 10.9 Å². The average Bonchev–Trinajstić information content (AvgIpc) is 2.29. The molecule has 0 aliphatic rings. The lowest BCUT2D eigenvalue weighted by Gasteiger charge is -2.11. The summed E-state index contributed by atoms with van der Waals surface area (Å²) in [5, 5.41) is 12.2. The lowest BCUT2D eigenvalue weighted by Crippen LogP contribution is -2.21. The van der Waals surface area contributed by atoms with Gasteiger partial charge in [0.25, 0.3) is 0 Å². The molecule has 1 aromatic carbocycles. The number of nitrogens with one attached hydrogen (secondary N) is 1. The molecule has 5 heteroatoms. The van der Waals surface area contributed by atoms with E-state index >= 15 is 0 Å². The second-order valence-corrected chi connectivity index (χ2v) is 4.66. The number of hydrogen-bond acceptors (Lipinski definition) is 3. The fourth-order valence-electron chi connectivity index (χ4n) is 1.13. The zero-order chi connectivity index (χ0) is 12.8.